The van der Waals surface area contributed by atoms with E-state index in [1.807, 2.05) is 13.8 Å². The van der Waals surface area contributed by atoms with Crippen molar-refractivity contribution >= 4 is 35.0 Å². The molecule has 0 bridgehead atoms. The molecule has 1 unspecified atom stereocenters. The fourth-order valence-electron chi connectivity index (χ4n) is 3.03. The van der Waals surface area contributed by atoms with Crippen molar-refractivity contribution in [3.8, 4) is 0 Å². The Balaban J connectivity index is 1.80. The van der Waals surface area contributed by atoms with Crippen LogP contribution in [-0.4, -0.2) is 56.7 Å². The number of aromatic nitrogens is 3. The van der Waals surface area contributed by atoms with E-state index >= 15 is 0 Å². The number of hydrogen-bond donors (Lipinski definition) is 4. The van der Waals surface area contributed by atoms with Gasteiger partial charge in [-0.15, -0.1) is 0 Å². The van der Waals surface area contributed by atoms with E-state index < -0.39 is 17.9 Å². The molecule has 0 aromatic carbocycles. The second-order valence-corrected chi connectivity index (χ2v) is 7.75. The average molecular weight is 426 g/mol. The first-order valence-corrected chi connectivity index (χ1v) is 9.99. The fraction of sp³-hybridized carbons (Fsp3) is 0.400. The normalized spacial score (nSPS) is 14.0. The van der Waals surface area contributed by atoms with Crippen molar-refractivity contribution in [1.82, 2.24) is 19.9 Å². The molecular formula is C20H26N8O3. The summed E-state index contributed by atoms with van der Waals surface area (Å²) in [6.45, 7) is 5.41. The van der Waals surface area contributed by atoms with E-state index in [1.165, 1.54) is 12.4 Å². The summed E-state index contributed by atoms with van der Waals surface area (Å²) < 4.78 is 0. The van der Waals surface area contributed by atoms with E-state index in [1.54, 1.807) is 17.0 Å². The number of hydrogen-bond acceptors (Lipinski definition) is 8. The summed E-state index contributed by atoms with van der Waals surface area (Å²) >= 11 is 0. The van der Waals surface area contributed by atoms with Crippen molar-refractivity contribution in [2.45, 2.75) is 32.7 Å². The molecule has 3 rings (SSSR count). The minimum atomic E-state index is -0.771. The van der Waals surface area contributed by atoms with Gasteiger partial charge in [-0.05, 0) is 30.9 Å². The highest BCUT2D eigenvalue weighted by molar-refractivity contribution is 5.96. The molecule has 11 nitrogen and oxygen atoms in total. The van der Waals surface area contributed by atoms with Gasteiger partial charge < -0.3 is 27.0 Å². The highest BCUT2D eigenvalue weighted by Gasteiger charge is 2.23. The van der Waals surface area contributed by atoms with Gasteiger partial charge >= 0.3 is 0 Å². The number of carbonyl (C=O) groups excluding carboxylic acids is 3. The van der Waals surface area contributed by atoms with Gasteiger partial charge in [0.15, 0.2) is 11.5 Å². The number of anilines is 3. The number of pyridine rings is 1. The van der Waals surface area contributed by atoms with E-state index in [0.29, 0.717) is 17.8 Å². The van der Waals surface area contributed by atoms with Gasteiger partial charge in [-0.3, -0.25) is 14.4 Å². The minimum absolute atomic E-state index is 0.0780. The van der Waals surface area contributed by atoms with Gasteiger partial charge in [0.1, 0.15) is 17.6 Å². The van der Waals surface area contributed by atoms with Crippen LogP contribution in [0.1, 0.15) is 47.7 Å². The van der Waals surface area contributed by atoms with Gasteiger partial charge in [-0.1, -0.05) is 13.8 Å². The van der Waals surface area contributed by atoms with E-state index in [4.69, 9.17) is 11.5 Å². The molecule has 1 aliphatic heterocycles. The number of nitrogens with one attached hydrogen (secondary N) is 2. The first-order chi connectivity index (χ1) is 14.7. The van der Waals surface area contributed by atoms with Crippen LogP contribution in [0.15, 0.2) is 24.5 Å². The molecule has 2 aromatic rings. The van der Waals surface area contributed by atoms with E-state index in [9.17, 15) is 14.4 Å². The number of nitrogens with two attached hydrogens (primary N) is 2. The van der Waals surface area contributed by atoms with Gasteiger partial charge in [0, 0.05) is 13.1 Å². The van der Waals surface area contributed by atoms with E-state index in [-0.39, 0.29) is 29.2 Å². The summed E-state index contributed by atoms with van der Waals surface area (Å²) in [5.41, 5.74) is 11.6. The van der Waals surface area contributed by atoms with Crippen molar-refractivity contribution in [3.05, 3.63) is 35.9 Å². The van der Waals surface area contributed by atoms with Crippen LogP contribution in [0.2, 0.25) is 0 Å². The zero-order valence-corrected chi connectivity index (χ0v) is 17.5. The summed E-state index contributed by atoms with van der Waals surface area (Å²) in [7, 11) is 0. The smallest absolute Gasteiger partial charge is 0.272 e. The highest BCUT2D eigenvalue weighted by Crippen LogP contribution is 2.21. The Morgan fingerprint density at radius 1 is 1.13 bits per heavy atom. The molecule has 1 atom stereocenters. The maximum atomic E-state index is 12.2. The number of likely N-dealkylation sites (tertiary alicyclic amines) is 1. The van der Waals surface area contributed by atoms with Crippen LogP contribution in [0.4, 0.5) is 17.3 Å². The molecule has 0 radical (unpaired) electrons. The molecule has 6 N–H and O–H groups in total. The Labute approximate surface area is 179 Å². The predicted octanol–water partition coefficient (Wildman–Crippen LogP) is 0.872. The molecule has 31 heavy (non-hydrogen) atoms. The Kier molecular flexibility index (Phi) is 6.63. The standard InChI is InChI=1S/C20H26N8O3/c1-11(2)8-14(17(21)29)26-15-10-24-16(18(22)30)19(27-15)25-12-4-5-13(23-9-12)20(31)28-6-3-7-28/h4-5,9-11,14H,3,6-8H2,1-2H3,(H2,21,29)(H2,22,30)(H2,25,26,27). The first kappa shape index (κ1) is 21.9. The van der Waals surface area contributed by atoms with Gasteiger partial charge in [-0.25, -0.2) is 15.0 Å². The van der Waals surface area contributed by atoms with Crippen molar-refractivity contribution < 1.29 is 14.4 Å². The lowest BCUT2D eigenvalue weighted by Gasteiger charge is -2.30. The number of primary amides is 2. The summed E-state index contributed by atoms with van der Waals surface area (Å²) in [4.78, 5) is 50.0. The molecule has 0 aliphatic carbocycles. The van der Waals surface area contributed by atoms with Gasteiger partial charge in [-0.2, -0.15) is 0 Å². The Morgan fingerprint density at radius 3 is 2.39 bits per heavy atom. The largest absolute Gasteiger partial charge is 0.368 e. The molecule has 3 heterocycles. The molecule has 0 spiro atoms. The zero-order valence-electron chi connectivity index (χ0n) is 17.5. The predicted molar refractivity (Wildman–Crippen MR) is 115 cm³/mol. The number of amides is 3. The molecular weight excluding hydrogens is 400 g/mol. The number of rotatable bonds is 9. The van der Waals surface area contributed by atoms with Crippen LogP contribution in [0.3, 0.4) is 0 Å². The average Bonchev–Trinajstić information content (AvgIpc) is 2.66. The van der Waals surface area contributed by atoms with Gasteiger partial charge in [0.25, 0.3) is 11.8 Å². The molecule has 0 saturated carbocycles. The Hall–Kier alpha value is -3.76. The third-order valence-electron chi connectivity index (χ3n) is 4.77. The molecule has 1 aliphatic rings. The van der Waals surface area contributed by atoms with Crippen LogP contribution >= 0.6 is 0 Å². The van der Waals surface area contributed by atoms with Crippen LogP contribution in [0.25, 0.3) is 0 Å². The second-order valence-electron chi connectivity index (χ2n) is 7.75. The van der Waals surface area contributed by atoms with E-state index in [2.05, 4.69) is 25.6 Å². The first-order valence-electron chi connectivity index (χ1n) is 9.99. The monoisotopic (exact) mass is 426 g/mol. The number of carbonyl (C=O) groups is 3. The third kappa shape index (κ3) is 5.44. The summed E-state index contributed by atoms with van der Waals surface area (Å²) in [6, 6.07) is 2.60. The summed E-state index contributed by atoms with van der Waals surface area (Å²) in [6.07, 6.45) is 4.28. The van der Waals surface area contributed by atoms with Gasteiger partial charge in [0.05, 0.1) is 18.1 Å². The molecule has 11 heteroatoms. The lowest BCUT2D eigenvalue weighted by molar-refractivity contribution is -0.119. The van der Waals surface area contributed by atoms with Gasteiger partial charge in [0.2, 0.25) is 5.91 Å². The topological polar surface area (TPSA) is 169 Å². The Morgan fingerprint density at radius 2 is 1.87 bits per heavy atom. The van der Waals surface area contributed by atoms with Crippen LogP contribution < -0.4 is 22.1 Å². The lowest BCUT2D eigenvalue weighted by Crippen LogP contribution is -2.42. The molecule has 3 amide bonds. The van der Waals surface area contributed by atoms with Crippen molar-refractivity contribution in [2.75, 3.05) is 23.7 Å². The fourth-order valence-corrected chi connectivity index (χ4v) is 3.03. The highest BCUT2D eigenvalue weighted by atomic mass is 16.2. The molecule has 2 aromatic heterocycles. The van der Waals surface area contributed by atoms with Crippen molar-refractivity contribution in [2.24, 2.45) is 17.4 Å². The SMILES string of the molecule is CC(C)CC(Nc1cnc(C(N)=O)c(Nc2ccc(C(=O)N3CCC3)nc2)n1)C(N)=O. The molecule has 164 valence electrons. The Bertz CT molecular complexity index is 973. The molecule has 1 saturated heterocycles. The summed E-state index contributed by atoms with van der Waals surface area (Å²) in [5, 5.41) is 5.89. The van der Waals surface area contributed by atoms with E-state index in [0.717, 1.165) is 19.5 Å². The van der Waals surface area contributed by atoms with Crippen LogP contribution in [0, 0.1) is 5.92 Å². The number of nitrogens with zero attached hydrogens (tertiary/aromatic N) is 4. The minimum Gasteiger partial charge on any atom is -0.368 e. The molecule has 1 fully saturated rings. The van der Waals surface area contributed by atoms with Crippen molar-refractivity contribution in [1.29, 1.82) is 0 Å². The van der Waals surface area contributed by atoms with Crippen LogP contribution in [0.5, 0.6) is 0 Å². The quantitative estimate of drug-likeness (QED) is 0.458. The summed E-state index contributed by atoms with van der Waals surface area (Å²) in [5.74, 6) is -0.833. The lowest BCUT2D eigenvalue weighted by atomic mass is 10.0. The maximum absolute atomic E-state index is 12.2. The third-order valence-corrected chi connectivity index (χ3v) is 4.77. The maximum Gasteiger partial charge on any atom is 0.272 e. The van der Waals surface area contributed by atoms with Crippen LogP contribution in [-0.2, 0) is 4.79 Å². The zero-order chi connectivity index (χ0) is 22.5. The second kappa shape index (κ2) is 9.37. The van der Waals surface area contributed by atoms with Crippen molar-refractivity contribution in [3.63, 3.8) is 0 Å².